The number of aliphatic hydroxyl groups is 1. The summed E-state index contributed by atoms with van der Waals surface area (Å²) in [6.45, 7) is 4.93. The first-order chi connectivity index (χ1) is 7.33. The van der Waals surface area contributed by atoms with Gasteiger partial charge in [-0.25, -0.2) is 4.98 Å². The van der Waals surface area contributed by atoms with Crippen LogP contribution in [0.1, 0.15) is 10.7 Å². The van der Waals surface area contributed by atoms with E-state index in [-0.39, 0.29) is 6.61 Å². The SMILES string of the molecule is Cc1nc(CCNCCOCCO)cs1. The number of aryl methyl sites for hydroxylation is 1. The van der Waals surface area contributed by atoms with Gasteiger partial charge in [0.2, 0.25) is 0 Å². The number of nitrogens with zero attached hydrogens (tertiary/aromatic N) is 1. The van der Waals surface area contributed by atoms with E-state index in [1.165, 1.54) is 0 Å². The molecule has 0 saturated heterocycles. The molecule has 0 unspecified atom stereocenters. The molecule has 1 aromatic rings. The van der Waals surface area contributed by atoms with E-state index in [2.05, 4.69) is 15.7 Å². The Balaban J connectivity index is 1.93. The Kier molecular flexibility index (Phi) is 6.50. The van der Waals surface area contributed by atoms with Crippen LogP contribution in [0.3, 0.4) is 0 Å². The van der Waals surface area contributed by atoms with Crippen molar-refractivity contribution in [1.29, 1.82) is 0 Å². The number of aromatic nitrogens is 1. The molecule has 4 nitrogen and oxygen atoms in total. The second kappa shape index (κ2) is 7.76. The van der Waals surface area contributed by atoms with E-state index < -0.39 is 0 Å². The van der Waals surface area contributed by atoms with E-state index in [0.29, 0.717) is 13.2 Å². The molecule has 0 aliphatic heterocycles. The lowest BCUT2D eigenvalue weighted by atomic mass is 10.3. The smallest absolute Gasteiger partial charge is 0.0897 e. The number of rotatable bonds is 8. The van der Waals surface area contributed by atoms with E-state index >= 15 is 0 Å². The fourth-order valence-electron chi connectivity index (χ4n) is 1.18. The first-order valence-corrected chi connectivity index (χ1v) is 6.01. The molecular formula is C10H18N2O2S. The third-order valence-electron chi connectivity index (χ3n) is 1.88. The summed E-state index contributed by atoms with van der Waals surface area (Å²) in [7, 11) is 0. The van der Waals surface area contributed by atoms with Crippen LogP contribution in [-0.4, -0.2) is 43.0 Å². The van der Waals surface area contributed by atoms with Crippen LogP contribution in [0.5, 0.6) is 0 Å². The first kappa shape index (κ1) is 12.6. The van der Waals surface area contributed by atoms with Crippen molar-refractivity contribution < 1.29 is 9.84 Å². The zero-order valence-electron chi connectivity index (χ0n) is 9.03. The highest BCUT2D eigenvalue weighted by atomic mass is 32.1. The van der Waals surface area contributed by atoms with Crippen molar-refractivity contribution in [3.05, 3.63) is 16.1 Å². The summed E-state index contributed by atoms with van der Waals surface area (Å²) < 4.78 is 5.11. The highest BCUT2D eigenvalue weighted by Crippen LogP contribution is 2.07. The molecule has 0 spiro atoms. The maximum Gasteiger partial charge on any atom is 0.0897 e. The Bertz CT molecular complexity index is 266. The zero-order valence-corrected chi connectivity index (χ0v) is 9.85. The third kappa shape index (κ3) is 5.84. The summed E-state index contributed by atoms with van der Waals surface area (Å²) in [5.74, 6) is 0. The molecule has 5 heteroatoms. The quantitative estimate of drug-likeness (QED) is 0.642. The largest absolute Gasteiger partial charge is 0.394 e. The first-order valence-electron chi connectivity index (χ1n) is 5.13. The van der Waals surface area contributed by atoms with Crippen molar-refractivity contribution in [2.75, 3.05) is 32.9 Å². The van der Waals surface area contributed by atoms with Crippen LogP contribution in [0.4, 0.5) is 0 Å². The van der Waals surface area contributed by atoms with Gasteiger partial charge < -0.3 is 15.2 Å². The summed E-state index contributed by atoms with van der Waals surface area (Å²) in [6.07, 6.45) is 0.963. The van der Waals surface area contributed by atoms with Gasteiger partial charge in [-0.05, 0) is 6.92 Å². The maximum atomic E-state index is 8.47. The molecule has 86 valence electrons. The lowest BCUT2D eigenvalue weighted by Crippen LogP contribution is -2.22. The van der Waals surface area contributed by atoms with Crippen molar-refractivity contribution in [3.8, 4) is 0 Å². The van der Waals surface area contributed by atoms with Crippen LogP contribution in [0, 0.1) is 6.92 Å². The molecule has 0 atom stereocenters. The molecule has 1 heterocycles. The summed E-state index contributed by atoms with van der Waals surface area (Å²) in [5, 5.41) is 14.9. The Hall–Kier alpha value is -0.490. The van der Waals surface area contributed by atoms with Crippen LogP contribution in [-0.2, 0) is 11.2 Å². The molecular weight excluding hydrogens is 212 g/mol. The van der Waals surface area contributed by atoms with Crippen LogP contribution in [0.2, 0.25) is 0 Å². The Morgan fingerprint density at radius 1 is 1.47 bits per heavy atom. The fraction of sp³-hybridized carbons (Fsp3) is 0.700. The Labute approximate surface area is 94.3 Å². The van der Waals surface area contributed by atoms with E-state index in [1.807, 2.05) is 6.92 Å². The van der Waals surface area contributed by atoms with E-state index in [0.717, 1.165) is 30.2 Å². The minimum Gasteiger partial charge on any atom is -0.394 e. The molecule has 0 saturated carbocycles. The van der Waals surface area contributed by atoms with Gasteiger partial charge in [0.05, 0.1) is 30.5 Å². The molecule has 0 bridgehead atoms. The molecule has 0 radical (unpaired) electrons. The minimum atomic E-state index is 0.0953. The molecule has 0 fully saturated rings. The predicted octanol–water partition coefficient (Wildman–Crippen LogP) is 0.593. The maximum absolute atomic E-state index is 8.47. The van der Waals surface area contributed by atoms with Gasteiger partial charge in [0, 0.05) is 24.9 Å². The van der Waals surface area contributed by atoms with Crippen LogP contribution in [0.25, 0.3) is 0 Å². The molecule has 1 rings (SSSR count). The monoisotopic (exact) mass is 230 g/mol. The lowest BCUT2D eigenvalue weighted by molar-refractivity contribution is 0.0940. The van der Waals surface area contributed by atoms with Crippen molar-refractivity contribution in [3.63, 3.8) is 0 Å². The Morgan fingerprint density at radius 3 is 3.00 bits per heavy atom. The van der Waals surface area contributed by atoms with Gasteiger partial charge in [0.1, 0.15) is 0 Å². The minimum absolute atomic E-state index is 0.0953. The topological polar surface area (TPSA) is 54.4 Å². The molecule has 0 aliphatic rings. The number of hydrogen-bond acceptors (Lipinski definition) is 5. The molecule has 0 aliphatic carbocycles. The van der Waals surface area contributed by atoms with Gasteiger partial charge in [0.25, 0.3) is 0 Å². The molecule has 2 N–H and O–H groups in total. The predicted molar refractivity (Wildman–Crippen MR) is 61.3 cm³/mol. The molecule has 1 aromatic heterocycles. The second-order valence-corrected chi connectivity index (χ2v) is 4.26. The number of hydrogen-bond donors (Lipinski definition) is 2. The summed E-state index contributed by atoms with van der Waals surface area (Å²) in [4.78, 5) is 4.37. The van der Waals surface area contributed by atoms with Gasteiger partial charge in [-0.3, -0.25) is 0 Å². The van der Waals surface area contributed by atoms with E-state index in [4.69, 9.17) is 9.84 Å². The van der Waals surface area contributed by atoms with Gasteiger partial charge in [-0.1, -0.05) is 0 Å². The van der Waals surface area contributed by atoms with Gasteiger partial charge >= 0.3 is 0 Å². The fourth-order valence-corrected chi connectivity index (χ4v) is 1.82. The van der Waals surface area contributed by atoms with Crippen LogP contribution < -0.4 is 5.32 Å². The van der Waals surface area contributed by atoms with E-state index in [9.17, 15) is 0 Å². The average molecular weight is 230 g/mol. The van der Waals surface area contributed by atoms with Crippen LogP contribution in [0.15, 0.2) is 5.38 Å². The van der Waals surface area contributed by atoms with Crippen molar-refractivity contribution in [2.45, 2.75) is 13.3 Å². The summed E-state index contributed by atoms with van der Waals surface area (Å²) in [5.41, 5.74) is 1.15. The highest BCUT2D eigenvalue weighted by molar-refractivity contribution is 7.09. The lowest BCUT2D eigenvalue weighted by Gasteiger charge is -2.03. The number of ether oxygens (including phenoxy) is 1. The standard InChI is InChI=1S/C10H18N2O2S/c1-9-12-10(8-15-9)2-3-11-4-6-14-7-5-13/h8,11,13H,2-7H2,1H3. The second-order valence-electron chi connectivity index (χ2n) is 3.19. The number of nitrogens with one attached hydrogen (secondary N) is 1. The molecule has 0 aromatic carbocycles. The van der Waals surface area contributed by atoms with Crippen molar-refractivity contribution in [1.82, 2.24) is 10.3 Å². The van der Waals surface area contributed by atoms with Crippen molar-refractivity contribution >= 4 is 11.3 Å². The molecule has 15 heavy (non-hydrogen) atoms. The normalized spacial score (nSPS) is 10.8. The number of aliphatic hydroxyl groups excluding tert-OH is 1. The van der Waals surface area contributed by atoms with Crippen molar-refractivity contribution in [2.24, 2.45) is 0 Å². The van der Waals surface area contributed by atoms with Gasteiger partial charge in [-0.2, -0.15) is 0 Å². The highest BCUT2D eigenvalue weighted by Gasteiger charge is 1.97. The summed E-state index contributed by atoms with van der Waals surface area (Å²) >= 11 is 1.69. The Morgan fingerprint density at radius 2 is 2.33 bits per heavy atom. The van der Waals surface area contributed by atoms with Crippen LogP contribution >= 0.6 is 11.3 Å². The third-order valence-corrected chi connectivity index (χ3v) is 2.71. The van der Waals surface area contributed by atoms with E-state index in [1.54, 1.807) is 11.3 Å². The summed E-state index contributed by atoms with van der Waals surface area (Å²) in [6, 6.07) is 0. The van der Waals surface area contributed by atoms with Gasteiger partial charge in [0.15, 0.2) is 0 Å². The zero-order chi connectivity index (χ0) is 10.9. The number of thiazole rings is 1. The molecule has 0 amide bonds. The average Bonchev–Trinajstić information content (AvgIpc) is 2.63. The van der Waals surface area contributed by atoms with Gasteiger partial charge in [-0.15, -0.1) is 11.3 Å².